The highest BCUT2D eigenvalue weighted by Gasteiger charge is 2.37. The number of nitrogens with zero attached hydrogens (tertiary/aromatic N) is 1. The second kappa shape index (κ2) is 10.3. The van der Waals surface area contributed by atoms with Crippen LogP contribution in [0.1, 0.15) is 71.5 Å². The van der Waals surface area contributed by atoms with Gasteiger partial charge in [0.05, 0.1) is 12.2 Å². The number of amides is 1. The third-order valence-corrected chi connectivity index (χ3v) is 7.50. The summed E-state index contributed by atoms with van der Waals surface area (Å²) in [6.07, 6.45) is 0.910. The number of hydrogen-bond acceptors (Lipinski definition) is 4. The minimum atomic E-state index is -1.26. The first-order chi connectivity index (χ1) is 18.9. The number of carboxylic acid groups (broad SMARTS) is 1. The van der Waals surface area contributed by atoms with Gasteiger partial charge in [0, 0.05) is 29.4 Å². The maximum atomic E-state index is 14.0. The molecule has 0 unspecified atom stereocenters. The van der Waals surface area contributed by atoms with Gasteiger partial charge in [0.2, 0.25) is 0 Å². The van der Waals surface area contributed by atoms with E-state index in [0.717, 1.165) is 64.6 Å². The Morgan fingerprint density at radius 1 is 1.02 bits per heavy atom. The average Bonchev–Trinajstić information content (AvgIpc) is 3.29. The molecule has 0 bridgehead atoms. The molecular weight excluding hydrogens is 516 g/mol. The number of carboxylic acids is 1. The summed E-state index contributed by atoms with van der Waals surface area (Å²) in [4.78, 5) is 27.7. The molecule has 0 aliphatic carbocycles. The second-order valence-corrected chi connectivity index (χ2v) is 11.5. The molecule has 0 spiro atoms. The van der Waals surface area contributed by atoms with E-state index in [9.17, 15) is 23.5 Å². The predicted molar refractivity (Wildman–Crippen MR) is 148 cm³/mol. The molecule has 3 aromatic rings. The molecule has 210 valence electrons. The Hall–Kier alpha value is -3.78. The summed E-state index contributed by atoms with van der Waals surface area (Å²) < 4.78 is 39.9. The molecule has 5 rings (SSSR count). The highest BCUT2D eigenvalue weighted by atomic mass is 19.1. The van der Waals surface area contributed by atoms with Crippen LogP contribution in [0.15, 0.2) is 36.4 Å². The molecule has 2 aliphatic rings. The van der Waals surface area contributed by atoms with Crippen LogP contribution >= 0.6 is 0 Å². The Balaban J connectivity index is 1.75. The van der Waals surface area contributed by atoms with Crippen LogP contribution in [0.2, 0.25) is 0 Å². The van der Waals surface area contributed by atoms with Crippen LogP contribution in [0.3, 0.4) is 0 Å². The Labute approximate surface area is 232 Å². The first kappa shape index (κ1) is 27.8. The minimum Gasteiger partial charge on any atom is -0.493 e. The van der Waals surface area contributed by atoms with Gasteiger partial charge in [-0.05, 0) is 112 Å². The average molecular weight is 550 g/mol. The van der Waals surface area contributed by atoms with Gasteiger partial charge in [0.1, 0.15) is 17.4 Å². The lowest BCUT2D eigenvalue weighted by molar-refractivity contribution is -0.160. The van der Waals surface area contributed by atoms with Crippen molar-refractivity contribution in [2.45, 2.75) is 65.6 Å². The maximum Gasteiger partial charge on any atom is 0.337 e. The van der Waals surface area contributed by atoms with Crippen molar-refractivity contribution >= 4 is 17.6 Å². The molecule has 1 amide bonds. The van der Waals surface area contributed by atoms with E-state index >= 15 is 0 Å². The van der Waals surface area contributed by atoms with Crippen LogP contribution in [0.5, 0.6) is 5.75 Å². The van der Waals surface area contributed by atoms with Gasteiger partial charge in [-0.15, -0.1) is 0 Å². The molecule has 0 fully saturated rings. The highest BCUT2D eigenvalue weighted by Crippen LogP contribution is 2.47. The van der Waals surface area contributed by atoms with Crippen molar-refractivity contribution in [2.24, 2.45) is 0 Å². The second-order valence-electron chi connectivity index (χ2n) is 11.5. The van der Waals surface area contributed by atoms with Crippen molar-refractivity contribution < 1.29 is 33.0 Å². The predicted octanol–water partition coefficient (Wildman–Crippen LogP) is 6.72. The summed E-state index contributed by atoms with van der Waals surface area (Å²) in [6, 6.07) is 8.43. The Morgan fingerprint density at radius 2 is 1.73 bits per heavy atom. The fourth-order valence-electron chi connectivity index (χ4n) is 5.85. The van der Waals surface area contributed by atoms with E-state index in [1.54, 1.807) is 13.0 Å². The van der Waals surface area contributed by atoms with E-state index in [1.165, 1.54) is 4.90 Å². The summed E-state index contributed by atoms with van der Waals surface area (Å²) in [7, 11) is 0. The van der Waals surface area contributed by atoms with E-state index in [2.05, 4.69) is 0 Å². The molecule has 0 aromatic heterocycles. The number of benzene rings is 3. The monoisotopic (exact) mass is 549 g/mol. The highest BCUT2D eigenvalue weighted by molar-refractivity contribution is 6.08. The van der Waals surface area contributed by atoms with Crippen LogP contribution in [-0.2, 0) is 22.4 Å². The molecular formula is C32H33F2NO5. The number of fused-ring (bicyclic) bond motifs is 2. The molecule has 1 N–H and O–H groups in total. The number of rotatable bonds is 5. The smallest absolute Gasteiger partial charge is 0.337 e. The van der Waals surface area contributed by atoms with Crippen molar-refractivity contribution in [3.05, 3.63) is 81.4 Å². The van der Waals surface area contributed by atoms with Gasteiger partial charge in [0.15, 0.2) is 6.10 Å². The molecule has 3 aromatic carbocycles. The van der Waals surface area contributed by atoms with Gasteiger partial charge in [-0.3, -0.25) is 4.79 Å². The summed E-state index contributed by atoms with van der Waals surface area (Å²) >= 11 is 0. The molecule has 6 nitrogen and oxygen atoms in total. The number of aryl methyl sites for hydroxylation is 1. The Bertz CT molecular complexity index is 1500. The quantitative estimate of drug-likeness (QED) is 0.383. The van der Waals surface area contributed by atoms with Gasteiger partial charge in [-0.2, -0.15) is 0 Å². The number of hydrogen-bond donors (Lipinski definition) is 1. The standard InChI is InChI=1S/C32H33F2NO5/c1-17-13-25-24(10-11-35(25)30(36)19-14-20(33)16-21(34)15-19)28(27(17)29(31(37)38)40-32(3,4)5)23-8-9-26-22(18(23)2)7-6-12-39-26/h8-9,13-16,29H,6-7,10-12H2,1-5H3,(H,37,38)/t29-/m0/s1. The fraction of sp³-hybridized carbons (Fsp3) is 0.375. The van der Waals surface area contributed by atoms with Crippen molar-refractivity contribution in [1.82, 2.24) is 0 Å². The molecule has 0 saturated heterocycles. The van der Waals surface area contributed by atoms with E-state index < -0.39 is 35.2 Å². The summed E-state index contributed by atoms with van der Waals surface area (Å²) in [5, 5.41) is 10.4. The van der Waals surface area contributed by atoms with Gasteiger partial charge in [0.25, 0.3) is 5.91 Å². The number of carbonyl (C=O) groups excluding carboxylic acids is 1. The zero-order valence-electron chi connectivity index (χ0n) is 23.4. The van der Waals surface area contributed by atoms with Gasteiger partial charge >= 0.3 is 5.97 Å². The van der Waals surface area contributed by atoms with Crippen molar-refractivity contribution in [3.63, 3.8) is 0 Å². The Morgan fingerprint density at radius 3 is 2.38 bits per heavy atom. The normalized spacial score (nSPS) is 15.3. The van der Waals surface area contributed by atoms with E-state index in [4.69, 9.17) is 9.47 Å². The number of aliphatic carboxylic acids is 1. The zero-order valence-corrected chi connectivity index (χ0v) is 23.4. The maximum absolute atomic E-state index is 14.0. The topological polar surface area (TPSA) is 76.1 Å². The van der Waals surface area contributed by atoms with E-state index in [-0.39, 0.29) is 12.1 Å². The molecule has 40 heavy (non-hydrogen) atoms. The summed E-state index contributed by atoms with van der Waals surface area (Å²) in [5.74, 6) is -2.47. The number of anilines is 1. The van der Waals surface area contributed by atoms with Gasteiger partial charge < -0.3 is 19.5 Å². The molecule has 2 aliphatic heterocycles. The van der Waals surface area contributed by atoms with Crippen molar-refractivity contribution in [1.29, 1.82) is 0 Å². The molecule has 0 saturated carbocycles. The number of carbonyl (C=O) groups is 2. The zero-order chi connectivity index (χ0) is 28.9. The van der Waals surface area contributed by atoms with Crippen LogP contribution in [0, 0.1) is 25.5 Å². The largest absolute Gasteiger partial charge is 0.493 e. The van der Waals surface area contributed by atoms with Crippen LogP contribution < -0.4 is 9.64 Å². The first-order valence-electron chi connectivity index (χ1n) is 13.5. The number of ether oxygens (including phenoxy) is 2. The number of halogens is 2. The summed E-state index contributed by atoms with van der Waals surface area (Å²) in [5.41, 5.74) is 5.39. The molecule has 0 radical (unpaired) electrons. The van der Waals surface area contributed by atoms with Crippen LogP contribution in [0.25, 0.3) is 11.1 Å². The van der Waals surface area contributed by atoms with E-state index in [1.807, 2.05) is 39.8 Å². The molecule has 8 heteroatoms. The fourth-order valence-corrected chi connectivity index (χ4v) is 5.85. The first-order valence-corrected chi connectivity index (χ1v) is 13.5. The SMILES string of the molecule is Cc1cc2c(c(-c3ccc4c(c3C)CCCO4)c1[C@H](OC(C)(C)C)C(=O)O)CCN2C(=O)c1cc(F)cc(F)c1. The van der Waals surface area contributed by atoms with Gasteiger partial charge in [-0.25, -0.2) is 13.6 Å². The molecule has 2 heterocycles. The lowest BCUT2D eigenvalue weighted by atomic mass is 9.83. The third kappa shape index (κ3) is 5.08. The lowest BCUT2D eigenvalue weighted by Crippen LogP contribution is -2.30. The Kier molecular flexibility index (Phi) is 7.17. The third-order valence-electron chi connectivity index (χ3n) is 7.50. The van der Waals surface area contributed by atoms with Crippen LogP contribution in [0.4, 0.5) is 14.5 Å². The van der Waals surface area contributed by atoms with Crippen molar-refractivity contribution in [2.75, 3.05) is 18.1 Å². The van der Waals surface area contributed by atoms with E-state index in [0.29, 0.717) is 29.8 Å². The van der Waals surface area contributed by atoms with Crippen molar-refractivity contribution in [3.8, 4) is 16.9 Å². The molecule has 1 atom stereocenters. The summed E-state index contributed by atoms with van der Waals surface area (Å²) in [6.45, 7) is 10.2. The minimum absolute atomic E-state index is 0.0878. The van der Waals surface area contributed by atoms with Gasteiger partial charge in [-0.1, -0.05) is 6.07 Å². The van der Waals surface area contributed by atoms with Crippen LogP contribution in [-0.4, -0.2) is 35.7 Å². The lowest BCUT2D eigenvalue weighted by Gasteiger charge is -2.30.